The molecule has 10 heteroatoms. The number of aliphatic imine (C=N–C) groups is 1. The highest BCUT2D eigenvalue weighted by Gasteiger charge is 2.42. The molecular weight excluding hydrogens is 380 g/mol. The minimum atomic E-state index is -3.13. The maximum atomic E-state index is 11.7. The van der Waals surface area contributed by atoms with E-state index < -0.39 is 15.6 Å². The first-order valence-electron chi connectivity index (χ1n) is 9.84. The van der Waals surface area contributed by atoms with Crippen LogP contribution in [0, 0.1) is 0 Å². The van der Waals surface area contributed by atoms with Crippen molar-refractivity contribution in [2.45, 2.75) is 56.7 Å². The Kier molecular flexibility index (Phi) is 5.05. The second-order valence-electron chi connectivity index (χ2n) is 8.21. The molecule has 9 nitrogen and oxygen atoms in total. The first-order valence-corrected chi connectivity index (χ1v) is 11.7. The van der Waals surface area contributed by atoms with Crippen molar-refractivity contribution >= 4 is 33.7 Å². The van der Waals surface area contributed by atoms with Gasteiger partial charge >= 0.3 is 0 Å². The van der Waals surface area contributed by atoms with Gasteiger partial charge in [0.1, 0.15) is 5.69 Å². The highest BCUT2D eigenvalue weighted by atomic mass is 32.2. The number of nitrogens with one attached hydrogen (secondary N) is 1. The van der Waals surface area contributed by atoms with Gasteiger partial charge in [0.05, 0.1) is 30.6 Å². The van der Waals surface area contributed by atoms with Gasteiger partial charge in [-0.05, 0) is 39.0 Å². The number of aromatic nitrogens is 2. The fraction of sp³-hybridized carbons (Fsp3) is 0.722. The number of fused-ring (bicyclic) bond motifs is 1. The summed E-state index contributed by atoms with van der Waals surface area (Å²) in [7, 11) is -3.13. The smallest absolute Gasteiger partial charge is 0.224 e. The minimum Gasteiger partial charge on any atom is -0.388 e. The van der Waals surface area contributed by atoms with Gasteiger partial charge in [-0.3, -0.25) is 4.99 Å². The van der Waals surface area contributed by atoms with E-state index in [9.17, 15) is 13.5 Å². The molecule has 0 amide bonds. The Morgan fingerprint density at radius 1 is 1.29 bits per heavy atom. The van der Waals surface area contributed by atoms with Gasteiger partial charge < -0.3 is 15.3 Å². The quantitative estimate of drug-likeness (QED) is 0.768. The van der Waals surface area contributed by atoms with Gasteiger partial charge in [-0.25, -0.2) is 17.7 Å². The normalized spacial score (nSPS) is 29.1. The second kappa shape index (κ2) is 7.23. The lowest BCUT2D eigenvalue weighted by molar-refractivity contribution is 0.0495. The Morgan fingerprint density at radius 2 is 2.04 bits per heavy atom. The predicted octanol–water partition coefficient (Wildman–Crippen LogP) is 1.14. The van der Waals surface area contributed by atoms with E-state index in [-0.39, 0.29) is 12.1 Å². The van der Waals surface area contributed by atoms with Crippen LogP contribution in [0.1, 0.15) is 39.0 Å². The molecule has 3 heterocycles. The molecule has 1 saturated carbocycles. The van der Waals surface area contributed by atoms with E-state index >= 15 is 0 Å². The van der Waals surface area contributed by atoms with Crippen LogP contribution in [0.25, 0.3) is 0 Å². The van der Waals surface area contributed by atoms with Crippen LogP contribution >= 0.6 is 0 Å². The van der Waals surface area contributed by atoms with Crippen molar-refractivity contribution in [2.24, 2.45) is 4.99 Å². The molecule has 1 aliphatic carbocycles. The SMILES string of the molecule is C[C@@]1(O)CCC[C@H]1N1CC=Nc2cnc(NC3CCN(S(C)(=O)=O)CC3)nc21. The molecule has 154 valence electrons. The Bertz CT molecular complexity index is 864. The Labute approximate surface area is 165 Å². The zero-order valence-electron chi connectivity index (χ0n) is 16.4. The minimum absolute atomic E-state index is 0.0127. The van der Waals surface area contributed by atoms with Crippen molar-refractivity contribution < 1.29 is 13.5 Å². The number of hydrogen-bond acceptors (Lipinski definition) is 8. The topological polar surface area (TPSA) is 111 Å². The van der Waals surface area contributed by atoms with E-state index in [1.807, 2.05) is 13.1 Å². The second-order valence-corrected chi connectivity index (χ2v) is 10.2. The van der Waals surface area contributed by atoms with Gasteiger partial charge in [-0.2, -0.15) is 4.98 Å². The Hall–Kier alpha value is -1.78. The maximum absolute atomic E-state index is 11.7. The number of aliphatic hydroxyl groups is 1. The molecule has 3 aliphatic rings. The van der Waals surface area contributed by atoms with Crippen molar-refractivity contribution in [3.8, 4) is 0 Å². The first kappa shape index (κ1) is 19.5. The summed E-state index contributed by atoms with van der Waals surface area (Å²) in [6.45, 7) is 3.52. The summed E-state index contributed by atoms with van der Waals surface area (Å²) in [4.78, 5) is 15.7. The van der Waals surface area contributed by atoms with Crippen LogP contribution in [0.15, 0.2) is 11.2 Å². The van der Waals surface area contributed by atoms with E-state index in [4.69, 9.17) is 4.98 Å². The van der Waals surface area contributed by atoms with Gasteiger partial charge in [-0.15, -0.1) is 0 Å². The summed E-state index contributed by atoms with van der Waals surface area (Å²) in [6, 6.07) is 0.143. The zero-order valence-corrected chi connectivity index (χ0v) is 17.2. The average Bonchev–Trinajstić information content (AvgIpc) is 3.00. The van der Waals surface area contributed by atoms with Crippen molar-refractivity contribution in [3.63, 3.8) is 0 Å². The van der Waals surface area contributed by atoms with Crippen LogP contribution < -0.4 is 10.2 Å². The molecule has 28 heavy (non-hydrogen) atoms. The molecule has 1 saturated heterocycles. The van der Waals surface area contributed by atoms with E-state index in [2.05, 4.69) is 20.2 Å². The lowest BCUT2D eigenvalue weighted by Crippen LogP contribution is -2.49. The molecule has 2 N–H and O–H groups in total. The van der Waals surface area contributed by atoms with Crippen LogP contribution in [0.3, 0.4) is 0 Å². The summed E-state index contributed by atoms with van der Waals surface area (Å²) in [6.07, 6.45) is 8.94. The number of sulfonamides is 1. The van der Waals surface area contributed by atoms with E-state index in [0.29, 0.717) is 44.1 Å². The lowest BCUT2D eigenvalue weighted by Gasteiger charge is -2.38. The molecule has 0 unspecified atom stereocenters. The molecule has 4 rings (SSSR count). The van der Waals surface area contributed by atoms with Gasteiger partial charge in [0, 0.05) is 25.3 Å². The molecule has 2 aliphatic heterocycles. The Balaban J connectivity index is 1.49. The van der Waals surface area contributed by atoms with Crippen LogP contribution in [0.2, 0.25) is 0 Å². The standard InChI is InChI=1S/C18H28N6O3S/c1-18(25)7-3-4-15(18)24-11-8-19-14-12-20-17(22-16(14)24)21-13-5-9-23(10-6-13)28(2,26)27/h8,12-13,15,25H,3-7,9-11H2,1-2H3,(H,20,21,22)/t15-,18-/m1/s1. The molecule has 0 spiro atoms. The number of rotatable bonds is 4. The van der Waals surface area contributed by atoms with Crippen LogP contribution in [0.4, 0.5) is 17.5 Å². The van der Waals surface area contributed by atoms with E-state index in [1.165, 1.54) is 10.6 Å². The fourth-order valence-corrected chi connectivity index (χ4v) is 5.34. The van der Waals surface area contributed by atoms with Crippen molar-refractivity contribution in [2.75, 3.05) is 36.1 Å². The summed E-state index contributed by atoms with van der Waals surface area (Å²) < 4.78 is 24.8. The van der Waals surface area contributed by atoms with Crippen LogP contribution in [-0.4, -0.2) is 77.6 Å². The third-order valence-corrected chi connectivity index (χ3v) is 7.34. The van der Waals surface area contributed by atoms with Crippen LogP contribution in [0.5, 0.6) is 0 Å². The third kappa shape index (κ3) is 3.85. The number of anilines is 2. The van der Waals surface area contributed by atoms with Gasteiger partial charge in [-0.1, -0.05) is 0 Å². The van der Waals surface area contributed by atoms with Crippen LogP contribution in [-0.2, 0) is 10.0 Å². The number of piperidine rings is 1. The third-order valence-electron chi connectivity index (χ3n) is 6.04. The molecule has 0 aromatic carbocycles. The number of nitrogens with zero attached hydrogens (tertiary/aromatic N) is 5. The predicted molar refractivity (Wildman–Crippen MR) is 109 cm³/mol. The van der Waals surface area contributed by atoms with Crippen molar-refractivity contribution in [1.82, 2.24) is 14.3 Å². The molecule has 2 atom stereocenters. The summed E-state index contributed by atoms with van der Waals surface area (Å²) in [5.41, 5.74) is -0.0224. The highest BCUT2D eigenvalue weighted by molar-refractivity contribution is 7.88. The maximum Gasteiger partial charge on any atom is 0.224 e. The molecule has 0 bridgehead atoms. The largest absolute Gasteiger partial charge is 0.388 e. The first-order chi connectivity index (χ1) is 13.2. The van der Waals surface area contributed by atoms with Crippen molar-refractivity contribution in [1.29, 1.82) is 0 Å². The summed E-state index contributed by atoms with van der Waals surface area (Å²) in [5, 5.41) is 14.1. The molecular formula is C18H28N6O3S. The van der Waals surface area contributed by atoms with E-state index in [1.54, 1.807) is 6.20 Å². The highest BCUT2D eigenvalue weighted by Crippen LogP contribution is 2.39. The summed E-state index contributed by atoms with van der Waals surface area (Å²) in [5.74, 6) is 1.28. The van der Waals surface area contributed by atoms with Gasteiger partial charge in [0.25, 0.3) is 0 Å². The molecule has 0 radical (unpaired) electrons. The molecule has 1 aromatic heterocycles. The zero-order chi connectivity index (χ0) is 19.9. The molecule has 2 fully saturated rings. The fourth-order valence-electron chi connectivity index (χ4n) is 4.46. The lowest BCUT2D eigenvalue weighted by atomic mass is 9.98. The monoisotopic (exact) mass is 408 g/mol. The Morgan fingerprint density at radius 3 is 2.68 bits per heavy atom. The van der Waals surface area contributed by atoms with E-state index in [0.717, 1.165) is 25.1 Å². The van der Waals surface area contributed by atoms with Gasteiger partial charge in [0.2, 0.25) is 16.0 Å². The number of hydrogen-bond donors (Lipinski definition) is 2. The van der Waals surface area contributed by atoms with Crippen molar-refractivity contribution in [3.05, 3.63) is 6.20 Å². The van der Waals surface area contributed by atoms with Gasteiger partial charge in [0.15, 0.2) is 5.82 Å². The summed E-state index contributed by atoms with van der Waals surface area (Å²) >= 11 is 0. The average molecular weight is 409 g/mol. The molecule has 1 aromatic rings.